The Morgan fingerprint density at radius 3 is 2.20 bits per heavy atom. The molecule has 1 aliphatic rings. The highest BCUT2D eigenvalue weighted by atomic mass is 35.5. The zero-order chi connectivity index (χ0) is 17.8. The minimum atomic E-state index is -0.406. The van der Waals surface area contributed by atoms with Crippen molar-refractivity contribution in [1.29, 1.82) is 0 Å². The average Bonchev–Trinajstić information content (AvgIpc) is 2.86. The van der Waals surface area contributed by atoms with Crippen molar-refractivity contribution in [3.8, 4) is 0 Å². The van der Waals surface area contributed by atoms with Gasteiger partial charge in [-0.15, -0.1) is 11.8 Å². The average molecular weight is 376 g/mol. The molecule has 1 heterocycles. The van der Waals surface area contributed by atoms with Crippen LogP contribution in [0.15, 0.2) is 53.4 Å². The van der Waals surface area contributed by atoms with Gasteiger partial charge in [0.15, 0.2) is 0 Å². The lowest BCUT2D eigenvalue weighted by Crippen LogP contribution is -2.33. The van der Waals surface area contributed by atoms with Gasteiger partial charge < -0.3 is 4.74 Å². The summed E-state index contributed by atoms with van der Waals surface area (Å²) in [5.74, 6) is -0.972. The Morgan fingerprint density at radius 1 is 1.00 bits per heavy atom. The van der Waals surface area contributed by atoms with Crippen molar-refractivity contribution in [2.45, 2.75) is 4.90 Å². The third-order valence-corrected chi connectivity index (χ3v) is 4.86. The number of rotatable bonds is 6. The van der Waals surface area contributed by atoms with Crippen molar-refractivity contribution >= 4 is 41.1 Å². The molecule has 2 aromatic carbocycles. The van der Waals surface area contributed by atoms with Crippen molar-refractivity contribution in [3.05, 3.63) is 64.7 Å². The first-order chi connectivity index (χ1) is 12.1. The largest absolute Gasteiger partial charge is 0.463 e. The second kappa shape index (κ2) is 7.72. The first kappa shape index (κ1) is 17.5. The fourth-order valence-electron chi connectivity index (χ4n) is 2.41. The molecule has 0 N–H and O–H groups in total. The van der Waals surface area contributed by atoms with E-state index in [1.54, 1.807) is 36.4 Å². The van der Waals surface area contributed by atoms with Gasteiger partial charge in [0, 0.05) is 9.92 Å². The van der Waals surface area contributed by atoms with E-state index < -0.39 is 5.97 Å². The number of nitrogens with zero attached hydrogens (tertiary/aromatic N) is 1. The zero-order valence-electron chi connectivity index (χ0n) is 13.1. The van der Waals surface area contributed by atoms with Gasteiger partial charge in [0.05, 0.1) is 23.4 Å². The van der Waals surface area contributed by atoms with Gasteiger partial charge in [-0.25, -0.2) is 0 Å². The van der Waals surface area contributed by atoms with Gasteiger partial charge in [-0.2, -0.15) is 0 Å². The predicted molar refractivity (Wildman–Crippen MR) is 94.9 cm³/mol. The van der Waals surface area contributed by atoms with E-state index in [1.807, 2.05) is 12.1 Å². The summed E-state index contributed by atoms with van der Waals surface area (Å²) >= 11 is 7.13. The van der Waals surface area contributed by atoms with E-state index in [0.717, 1.165) is 9.80 Å². The van der Waals surface area contributed by atoms with Crippen LogP contribution in [0.5, 0.6) is 0 Å². The topological polar surface area (TPSA) is 63.7 Å². The highest BCUT2D eigenvalue weighted by molar-refractivity contribution is 8.00. The quantitative estimate of drug-likeness (QED) is 0.440. The summed E-state index contributed by atoms with van der Waals surface area (Å²) in [6.07, 6.45) is 0. The van der Waals surface area contributed by atoms with E-state index >= 15 is 0 Å². The molecule has 25 heavy (non-hydrogen) atoms. The summed E-state index contributed by atoms with van der Waals surface area (Å²) in [4.78, 5) is 38.1. The van der Waals surface area contributed by atoms with Crippen LogP contribution in [0.3, 0.4) is 0 Å². The van der Waals surface area contributed by atoms with Crippen LogP contribution in [0.1, 0.15) is 20.7 Å². The van der Waals surface area contributed by atoms with Gasteiger partial charge >= 0.3 is 5.97 Å². The van der Waals surface area contributed by atoms with Gasteiger partial charge in [0.1, 0.15) is 6.61 Å². The Labute approximate surface area is 153 Å². The second-order valence-corrected chi connectivity index (χ2v) is 6.76. The van der Waals surface area contributed by atoms with E-state index in [2.05, 4.69) is 0 Å². The Morgan fingerprint density at radius 2 is 1.60 bits per heavy atom. The molecule has 0 saturated heterocycles. The lowest BCUT2D eigenvalue weighted by molar-refractivity contribution is -0.140. The Bertz CT molecular complexity index is 787. The molecule has 0 unspecified atom stereocenters. The van der Waals surface area contributed by atoms with E-state index in [-0.39, 0.29) is 30.7 Å². The molecule has 1 aliphatic heterocycles. The van der Waals surface area contributed by atoms with Crippen molar-refractivity contribution in [2.24, 2.45) is 0 Å². The van der Waals surface area contributed by atoms with Crippen LogP contribution in [0.4, 0.5) is 0 Å². The number of halogens is 1. The van der Waals surface area contributed by atoms with Crippen LogP contribution in [0, 0.1) is 0 Å². The molecule has 0 saturated carbocycles. The summed E-state index contributed by atoms with van der Waals surface area (Å²) in [5, 5.41) is 0.632. The molecule has 7 heteroatoms. The Kier molecular flexibility index (Phi) is 5.40. The van der Waals surface area contributed by atoms with Crippen molar-refractivity contribution in [3.63, 3.8) is 0 Å². The first-order valence-corrected chi connectivity index (χ1v) is 8.92. The van der Waals surface area contributed by atoms with Gasteiger partial charge in [-0.05, 0) is 36.4 Å². The lowest BCUT2D eigenvalue weighted by Gasteiger charge is -2.13. The number of carbonyl (C=O) groups excluding carboxylic acids is 3. The number of ether oxygens (including phenoxy) is 1. The highest BCUT2D eigenvalue weighted by Crippen LogP contribution is 2.22. The molecule has 5 nitrogen and oxygen atoms in total. The van der Waals surface area contributed by atoms with E-state index in [4.69, 9.17) is 16.3 Å². The molecule has 0 bridgehead atoms. The number of carbonyl (C=O) groups is 3. The molecule has 3 rings (SSSR count). The fraction of sp³-hybridized carbons (Fsp3) is 0.167. The predicted octanol–water partition coefficient (Wildman–Crippen LogP) is 3.27. The summed E-state index contributed by atoms with van der Waals surface area (Å²) in [6.45, 7) is 0.0230. The van der Waals surface area contributed by atoms with Gasteiger partial charge in [-0.1, -0.05) is 23.7 Å². The highest BCUT2D eigenvalue weighted by Gasteiger charge is 2.34. The standard InChI is InChI=1S/C18H14ClNO4S/c19-12-5-7-13(8-6-12)25-11-16(21)24-10-9-20-17(22)14-3-1-2-4-15(14)18(20)23/h1-8H,9-11H2. The smallest absolute Gasteiger partial charge is 0.316 e. The third kappa shape index (κ3) is 4.03. The number of imide groups is 1. The maximum atomic E-state index is 12.2. The maximum absolute atomic E-state index is 12.2. The zero-order valence-corrected chi connectivity index (χ0v) is 14.7. The van der Waals surface area contributed by atoms with Crippen LogP contribution >= 0.6 is 23.4 Å². The third-order valence-electron chi connectivity index (χ3n) is 3.63. The number of thioether (sulfide) groups is 1. The monoisotopic (exact) mass is 375 g/mol. The van der Waals surface area contributed by atoms with Gasteiger partial charge in [-0.3, -0.25) is 19.3 Å². The molecule has 0 spiro atoms. The first-order valence-electron chi connectivity index (χ1n) is 7.55. The van der Waals surface area contributed by atoms with Crippen molar-refractivity contribution in [1.82, 2.24) is 4.90 Å². The minimum Gasteiger partial charge on any atom is -0.463 e. The van der Waals surface area contributed by atoms with Gasteiger partial charge in [0.2, 0.25) is 0 Å². The molecule has 2 amide bonds. The molecule has 0 aliphatic carbocycles. The molecule has 128 valence electrons. The lowest BCUT2D eigenvalue weighted by atomic mass is 10.1. The molecule has 2 aromatic rings. The van der Waals surface area contributed by atoms with E-state index in [0.29, 0.717) is 16.1 Å². The van der Waals surface area contributed by atoms with E-state index in [9.17, 15) is 14.4 Å². The molecule has 0 atom stereocenters. The van der Waals surface area contributed by atoms with Crippen LogP contribution < -0.4 is 0 Å². The second-order valence-electron chi connectivity index (χ2n) is 5.27. The SMILES string of the molecule is O=C(CSc1ccc(Cl)cc1)OCCN1C(=O)c2ccccc2C1=O. The number of benzene rings is 2. The van der Waals surface area contributed by atoms with Crippen molar-refractivity contribution < 1.29 is 19.1 Å². The Balaban J connectivity index is 1.45. The molecule has 0 aromatic heterocycles. The normalized spacial score (nSPS) is 13.1. The molecular weight excluding hydrogens is 362 g/mol. The summed E-state index contributed by atoms with van der Waals surface area (Å²) in [6, 6.07) is 13.8. The molecule has 0 radical (unpaired) electrons. The van der Waals surface area contributed by atoms with Crippen LogP contribution in [-0.2, 0) is 9.53 Å². The fourth-order valence-corrected chi connectivity index (χ4v) is 3.23. The summed E-state index contributed by atoms with van der Waals surface area (Å²) in [5.41, 5.74) is 0.772. The molecule has 0 fully saturated rings. The molecular formula is C18H14ClNO4S. The summed E-state index contributed by atoms with van der Waals surface area (Å²) < 4.78 is 5.11. The van der Waals surface area contributed by atoms with E-state index in [1.165, 1.54) is 11.8 Å². The van der Waals surface area contributed by atoms with Gasteiger partial charge in [0.25, 0.3) is 11.8 Å². The number of esters is 1. The van der Waals surface area contributed by atoms with Crippen LogP contribution in [-0.4, -0.2) is 41.6 Å². The maximum Gasteiger partial charge on any atom is 0.316 e. The Hall–Kier alpha value is -2.31. The van der Waals surface area contributed by atoms with Crippen LogP contribution in [0.2, 0.25) is 5.02 Å². The number of amides is 2. The number of hydrogen-bond donors (Lipinski definition) is 0. The number of hydrogen-bond acceptors (Lipinski definition) is 5. The minimum absolute atomic E-state index is 0.0223. The summed E-state index contributed by atoms with van der Waals surface area (Å²) in [7, 11) is 0. The number of fused-ring (bicyclic) bond motifs is 1. The van der Waals surface area contributed by atoms with Crippen LogP contribution in [0.25, 0.3) is 0 Å². The van der Waals surface area contributed by atoms with Crippen molar-refractivity contribution in [2.75, 3.05) is 18.9 Å².